The SMILES string of the molecule is Cc1nc(C(C)(C)C)nc2c1CC(CNC1CC1)CC2. The molecule has 0 aromatic carbocycles. The van der Waals surface area contributed by atoms with Gasteiger partial charge in [-0.3, -0.25) is 0 Å². The Morgan fingerprint density at radius 2 is 1.90 bits per heavy atom. The number of nitrogens with one attached hydrogen (secondary N) is 1. The van der Waals surface area contributed by atoms with E-state index >= 15 is 0 Å². The van der Waals surface area contributed by atoms with Gasteiger partial charge < -0.3 is 5.32 Å². The van der Waals surface area contributed by atoms with Crippen LogP contribution in [0.25, 0.3) is 0 Å². The highest BCUT2D eigenvalue weighted by Gasteiger charge is 2.27. The molecule has 2 aliphatic carbocycles. The fourth-order valence-corrected chi connectivity index (χ4v) is 2.99. The van der Waals surface area contributed by atoms with Crippen molar-refractivity contribution < 1.29 is 0 Å². The molecule has 3 rings (SSSR count). The fourth-order valence-electron chi connectivity index (χ4n) is 2.99. The highest BCUT2D eigenvalue weighted by Crippen LogP contribution is 2.29. The van der Waals surface area contributed by atoms with Crippen molar-refractivity contribution in [3.8, 4) is 0 Å². The molecule has 1 unspecified atom stereocenters. The van der Waals surface area contributed by atoms with E-state index in [2.05, 4.69) is 33.0 Å². The molecule has 0 radical (unpaired) electrons. The zero-order valence-corrected chi connectivity index (χ0v) is 13.3. The first-order chi connectivity index (χ1) is 9.43. The van der Waals surface area contributed by atoms with Crippen LogP contribution in [0.5, 0.6) is 0 Å². The second-order valence-electron chi connectivity index (χ2n) is 7.60. The number of aryl methyl sites for hydroxylation is 2. The molecule has 1 saturated carbocycles. The first kappa shape index (κ1) is 14.0. The lowest BCUT2D eigenvalue weighted by molar-refractivity contribution is 0.413. The van der Waals surface area contributed by atoms with Gasteiger partial charge in [0.2, 0.25) is 0 Å². The standard InChI is InChI=1S/C17H27N3/c1-11-14-9-12(10-18-13-6-7-13)5-8-15(14)20-16(19-11)17(2,3)4/h12-13,18H,5-10H2,1-4H3. The van der Waals surface area contributed by atoms with Gasteiger partial charge in [0, 0.05) is 22.8 Å². The van der Waals surface area contributed by atoms with E-state index in [0.717, 1.165) is 30.6 Å². The van der Waals surface area contributed by atoms with E-state index in [-0.39, 0.29) is 5.41 Å². The van der Waals surface area contributed by atoms with Gasteiger partial charge >= 0.3 is 0 Å². The summed E-state index contributed by atoms with van der Waals surface area (Å²) in [6, 6.07) is 0.817. The molecule has 0 amide bonds. The Morgan fingerprint density at radius 1 is 1.15 bits per heavy atom. The summed E-state index contributed by atoms with van der Waals surface area (Å²) in [6.45, 7) is 9.91. The molecule has 2 aliphatic rings. The third-order valence-corrected chi connectivity index (χ3v) is 4.53. The summed E-state index contributed by atoms with van der Waals surface area (Å²) in [5.74, 6) is 1.77. The van der Waals surface area contributed by atoms with E-state index in [1.54, 1.807) is 0 Å². The monoisotopic (exact) mass is 273 g/mol. The van der Waals surface area contributed by atoms with Crippen molar-refractivity contribution in [3.63, 3.8) is 0 Å². The van der Waals surface area contributed by atoms with E-state index in [1.807, 2.05) is 0 Å². The molecular formula is C17H27N3. The molecule has 0 spiro atoms. The van der Waals surface area contributed by atoms with Crippen LogP contribution in [0.1, 0.15) is 62.8 Å². The molecule has 110 valence electrons. The summed E-state index contributed by atoms with van der Waals surface area (Å²) in [7, 11) is 0. The lowest BCUT2D eigenvalue weighted by Gasteiger charge is -2.27. The minimum absolute atomic E-state index is 0.0458. The third-order valence-electron chi connectivity index (χ3n) is 4.53. The maximum Gasteiger partial charge on any atom is 0.134 e. The first-order valence-electron chi connectivity index (χ1n) is 8.04. The molecule has 1 heterocycles. The Labute approximate surface area is 122 Å². The minimum atomic E-state index is 0.0458. The van der Waals surface area contributed by atoms with E-state index in [4.69, 9.17) is 9.97 Å². The van der Waals surface area contributed by atoms with Gasteiger partial charge in [-0.15, -0.1) is 0 Å². The van der Waals surface area contributed by atoms with E-state index in [1.165, 1.54) is 42.8 Å². The van der Waals surface area contributed by atoms with Crippen LogP contribution in [-0.4, -0.2) is 22.6 Å². The van der Waals surface area contributed by atoms with Crippen LogP contribution >= 0.6 is 0 Å². The van der Waals surface area contributed by atoms with Gasteiger partial charge in [0.25, 0.3) is 0 Å². The summed E-state index contributed by atoms with van der Waals surface area (Å²) in [5, 5.41) is 3.67. The molecule has 0 aliphatic heterocycles. The van der Waals surface area contributed by atoms with E-state index < -0.39 is 0 Å². The lowest BCUT2D eigenvalue weighted by Crippen LogP contribution is -2.30. The van der Waals surface area contributed by atoms with Gasteiger partial charge in [-0.05, 0) is 57.1 Å². The average molecular weight is 273 g/mol. The zero-order chi connectivity index (χ0) is 14.3. The quantitative estimate of drug-likeness (QED) is 0.920. The molecule has 0 bridgehead atoms. The molecular weight excluding hydrogens is 246 g/mol. The van der Waals surface area contributed by atoms with E-state index in [9.17, 15) is 0 Å². The number of hydrogen-bond donors (Lipinski definition) is 1. The molecule has 1 atom stereocenters. The largest absolute Gasteiger partial charge is 0.314 e. The zero-order valence-electron chi connectivity index (χ0n) is 13.3. The van der Waals surface area contributed by atoms with Crippen LogP contribution in [0.2, 0.25) is 0 Å². The maximum atomic E-state index is 4.86. The minimum Gasteiger partial charge on any atom is -0.314 e. The van der Waals surface area contributed by atoms with Crippen molar-refractivity contribution in [3.05, 3.63) is 22.8 Å². The van der Waals surface area contributed by atoms with Crippen LogP contribution in [-0.2, 0) is 18.3 Å². The lowest BCUT2D eigenvalue weighted by atomic mass is 9.85. The van der Waals surface area contributed by atoms with Gasteiger partial charge in [0.15, 0.2) is 0 Å². The van der Waals surface area contributed by atoms with Crippen molar-refractivity contribution in [1.29, 1.82) is 0 Å². The molecule has 3 heteroatoms. The molecule has 1 fully saturated rings. The summed E-state index contributed by atoms with van der Waals surface area (Å²) < 4.78 is 0. The Bertz CT molecular complexity index is 498. The second-order valence-corrected chi connectivity index (χ2v) is 7.60. The van der Waals surface area contributed by atoms with Crippen molar-refractivity contribution in [2.24, 2.45) is 5.92 Å². The van der Waals surface area contributed by atoms with Crippen LogP contribution in [0, 0.1) is 12.8 Å². The molecule has 1 aromatic rings. The number of aromatic nitrogens is 2. The predicted octanol–water partition coefficient (Wildman–Crippen LogP) is 2.94. The predicted molar refractivity (Wildman–Crippen MR) is 82.0 cm³/mol. The summed E-state index contributed by atoms with van der Waals surface area (Å²) in [4.78, 5) is 9.62. The van der Waals surface area contributed by atoms with Crippen LogP contribution in [0.4, 0.5) is 0 Å². The van der Waals surface area contributed by atoms with Crippen molar-refractivity contribution in [2.45, 2.75) is 71.3 Å². The average Bonchev–Trinajstić information content (AvgIpc) is 3.19. The highest BCUT2D eigenvalue weighted by molar-refractivity contribution is 5.29. The number of hydrogen-bond acceptors (Lipinski definition) is 3. The summed E-state index contributed by atoms with van der Waals surface area (Å²) in [6.07, 6.45) is 6.30. The van der Waals surface area contributed by atoms with E-state index in [0.29, 0.717) is 0 Å². The fraction of sp³-hybridized carbons (Fsp3) is 0.765. The Kier molecular flexibility index (Phi) is 3.57. The smallest absolute Gasteiger partial charge is 0.134 e. The normalized spacial score (nSPS) is 22.7. The van der Waals surface area contributed by atoms with Crippen LogP contribution < -0.4 is 5.32 Å². The molecule has 3 nitrogen and oxygen atoms in total. The molecule has 20 heavy (non-hydrogen) atoms. The molecule has 0 saturated heterocycles. The first-order valence-corrected chi connectivity index (χ1v) is 8.04. The maximum absolute atomic E-state index is 4.86. The van der Waals surface area contributed by atoms with Crippen molar-refractivity contribution >= 4 is 0 Å². The Morgan fingerprint density at radius 3 is 2.55 bits per heavy atom. The van der Waals surface area contributed by atoms with Crippen LogP contribution in [0.15, 0.2) is 0 Å². The Hall–Kier alpha value is -0.960. The third kappa shape index (κ3) is 3.03. The topological polar surface area (TPSA) is 37.8 Å². The molecule has 1 aromatic heterocycles. The van der Waals surface area contributed by atoms with Crippen molar-refractivity contribution in [2.75, 3.05) is 6.54 Å². The number of fused-ring (bicyclic) bond motifs is 1. The number of rotatable bonds is 3. The number of nitrogens with zero attached hydrogens (tertiary/aromatic N) is 2. The van der Waals surface area contributed by atoms with Gasteiger partial charge in [-0.2, -0.15) is 0 Å². The van der Waals surface area contributed by atoms with Crippen LogP contribution in [0.3, 0.4) is 0 Å². The van der Waals surface area contributed by atoms with Gasteiger partial charge in [0.1, 0.15) is 5.82 Å². The van der Waals surface area contributed by atoms with Gasteiger partial charge in [-0.25, -0.2) is 9.97 Å². The molecule has 1 N–H and O–H groups in total. The van der Waals surface area contributed by atoms with Crippen molar-refractivity contribution in [1.82, 2.24) is 15.3 Å². The van der Waals surface area contributed by atoms with Gasteiger partial charge in [-0.1, -0.05) is 20.8 Å². The second kappa shape index (κ2) is 5.10. The summed E-state index contributed by atoms with van der Waals surface area (Å²) in [5.41, 5.74) is 3.98. The van der Waals surface area contributed by atoms with Gasteiger partial charge in [0.05, 0.1) is 0 Å². The Balaban J connectivity index is 1.75. The summed E-state index contributed by atoms with van der Waals surface area (Å²) >= 11 is 0. The highest BCUT2D eigenvalue weighted by atomic mass is 15.0.